The van der Waals surface area contributed by atoms with Gasteiger partial charge in [-0.25, -0.2) is 4.98 Å². The maximum atomic E-state index is 6.16. The summed E-state index contributed by atoms with van der Waals surface area (Å²) >= 11 is 7.69. The number of alkyl halides is 1. The lowest BCUT2D eigenvalue weighted by atomic mass is 10.2. The summed E-state index contributed by atoms with van der Waals surface area (Å²) in [5.41, 5.74) is 0. The predicted molar refractivity (Wildman–Crippen MR) is 60.1 cm³/mol. The molecule has 2 rings (SSSR count). The molecule has 0 spiro atoms. The molecular weight excluding hydrogens is 216 g/mol. The molecule has 4 heteroatoms. The molecule has 1 aliphatic rings. The van der Waals surface area contributed by atoms with Crippen LogP contribution >= 0.6 is 23.1 Å². The van der Waals surface area contributed by atoms with Crippen LogP contribution < -0.4 is 0 Å². The highest BCUT2D eigenvalue weighted by molar-refractivity contribution is 7.05. The van der Waals surface area contributed by atoms with Crippen molar-refractivity contribution in [2.45, 2.75) is 50.3 Å². The highest BCUT2D eigenvalue weighted by Crippen LogP contribution is 2.38. The Kier molecular flexibility index (Phi) is 3.39. The maximum absolute atomic E-state index is 6.16. The summed E-state index contributed by atoms with van der Waals surface area (Å²) in [6.45, 7) is 2.16. The number of hydrogen-bond donors (Lipinski definition) is 0. The van der Waals surface area contributed by atoms with Crippen molar-refractivity contribution in [3.05, 3.63) is 10.8 Å². The van der Waals surface area contributed by atoms with E-state index in [0.717, 1.165) is 30.1 Å². The number of nitrogens with zero attached hydrogens (tertiary/aromatic N) is 2. The third kappa shape index (κ3) is 2.67. The van der Waals surface area contributed by atoms with Crippen molar-refractivity contribution in [1.82, 2.24) is 9.36 Å². The summed E-state index contributed by atoms with van der Waals surface area (Å²) in [5, 5.41) is 1.35. The summed E-state index contributed by atoms with van der Waals surface area (Å²) in [6.07, 6.45) is 5.65. The first-order chi connectivity index (χ1) is 6.79. The van der Waals surface area contributed by atoms with Crippen LogP contribution in [0, 0.1) is 0 Å². The fourth-order valence-electron chi connectivity index (χ4n) is 1.46. The van der Waals surface area contributed by atoms with Gasteiger partial charge in [0, 0.05) is 17.7 Å². The zero-order chi connectivity index (χ0) is 9.97. The van der Waals surface area contributed by atoms with Gasteiger partial charge in [-0.2, -0.15) is 4.37 Å². The minimum absolute atomic E-state index is 0.236. The third-order valence-corrected chi connectivity index (χ3v) is 3.54. The molecule has 0 saturated heterocycles. The first-order valence-corrected chi connectivity index (χ1v) is 6.47. The van der Waals surface area contributed by atoms with E-state index in [9.17, 15) is 0 Å². The molecule has 1 unspecified atom stereocenters. The van der Waals surface area contributed by atoms with Crippen molar-refractivity contribution in [3.63, 3.8) is 0 Å². The average molecular weight is 231 g/mol. The number of rotatable bonds is 5. The van der Waals surface area contributed by atoms with E-state index in [1.807, 2.05) is 0 Å². The van der Waals surface area contributed by atoms with Gasteiger partial charge in [0.05, 0.1) is 0 Å². The van der Waals surface area contributed by atoms with Crippen LogP contribution in [0.1, 0.15) is 49.4 Å². The second-order valence-electron chi connectivity index (χ2n) is 3.91. The van der Waals surface area contributed by atoms with E-state index < -0.39 is 0 Å². The molecule has 0 aromatic carbocycles. The van der Waals surface area contributed by atoms with Gasteiger partial charge < -0.3 is 0 Å². The summed E-state index contributed by atoms with van der Waals surface area (Å²) in [6, 6.07) is 0. The molecule has 0 bridgehead atoms. The van der Waals surface area contributed by atoms with Gasteiger partial charge in [0.25, 0.3) is 0 Å². The molecule has 1 heterocycles. The van der Waals surface area contributed by atoms with Crippen LogP contribution in [0.15, 0.2) is 0 Å². The fraction of sp³-hybridized carbons (Fsp3) is 0.800. The predicted octanol–water partition coefficient (Wildman–Crippen LogP) is 3.37. The molecule has 78 valence electrons. The molecule has 0 radical (unpaired) electrons. The number of aromatic nitrogens is 2. The Morgan fingerprint density at radius 2 is 2.36 bits per heavy atom. The topological polar surface area (TPSA) is 25.8 Å². The maximum Gasteiger partial charge on any atom is 0.145 e. The Morgan fingerprint density at radius 3 is 3.00 bits per heavy atom. The minimum Gasteiger partial charge on any atom is -0.224 e. The van der Waals surface area contributed by atoms with Crippen molar-refractivity contribution in [2.24, 2.45) is 0 Å². The molecule has 0 aliphatic heterocycles. The van der Waals surface area contributed by atoms with E-state index in [-0.39, 0.29) is 5.38 Å². The smallest absolute Gasteiger partial charge is 0.145 e. The second kappa shape index (κ2) is 4.58. The molecule has 1 aromatic heterocycles. The molecule has 1 fully saturated rings. The lowest BCUT2D eigenvalue weighted by Crippen LogP contribution is -2.02. The Balaban J connectivity index is 1.88. The second-order valence-corrected chi connectivity index (χ2v) is 5.36. The molecule has 1 aromatic rings. The largest absolute Gasteiger partial charge is 0.224 e. The van der Waals surface area contributed by atoms with Crippen molar-refractivity contribution < 1.29 is 0 Å². The molecule has 1 atom stereocenters. The first kappa shape index (κ1) is 10.4. The molecular formula is C10H15ClN2S. The van der Waals surface area contributed by atoms with Crippen molar-refractivity contribution >= 4 is 23.1 Å². The zero-order valence-corrected chi connectivity index (χ0v) is 9.94. The van der Waals surface area contributed by atoms with E-state index in [2.05, 4.69) is 16.3 Å². The van der Waals surface area contributed by atoms with Gasteiger partial charge in [-0.05, 0) is 30.8 Å². The number of halogens is 1. The van der Waals surface area contributed by atoms with Crippen LogP contribution in [0.5, 0.6) is 0 Å². The van der Waals surface area contributed by atoms with E-state index in [1.165, 1.54) is 24.4 Å². The Bertz CT molecular complexity index is 296. The van der Waals surface area contributed by atoms with Gasteiger partial charge in [0.2, 0.25) is 0 Å². The SMILES string of the molecule is CCCC(Cl)Cc1nc(C2CC2)ns1. The molecule has 0 N–H and O–H groups in total. The van der Waals surface area contributed by atoms with Crippen molar-refractivity contribution in [3.8, 4) is 0 Å². The monoisotopic (exact) mass is 230 g/mol. The molecule has 0 amide bonds. The van der Waals surface area contributed by atoms with Crippen LogP contribution in [-0.2, 0) is 6.42 Å². The Morgan fingerprint density at radius 1 is 1.57 bits per heavy atom. The van der Waals surface area contributed by atoms with Crippen molar-refractivity contribution in [1.29, 1.82) is 0 Å². The van der Waals surface area contributed by atoms with Gasteiger partial charge in [0.15, 0.2) is 0 Å². The highest BCUT2D eigenvalue weighted by Gasteiger charge is 2.27. The number of hydrogen-bond acceptors (Lipinski definition) is 3. The molecule has 1 aliphatic carbocycles. The normalized spacial score (nSPS) is 18.4. The molecule has 14 heavy (non-hydrogen) atoms. The molecule has 2 nitrogen and oxygen atoms in total. The summed E-state index contributed by atoms with van der Waals surface area (Å²) in [7, 11) is 0. The lowest BCUT2D eigenvalue weighted by molar-refractivity contribution is 0.721. The molecule has 1 saturated carbocycles. The summed E-state index contributed by atoms with van der Waals surface area (Å²) in [4.78, 5) is 4.52. The highest BCUT2D eigenvalue weighted by atomic mass is 35.5. The van der Waals surface area contributed by atoms with Gasteiger partial charge in [0.1, 0.15) is 10.8 Å². The van der Waals surface area contributed by atoms with Crippen LogP contribution in [0.2, 0.25) is 0 Å². The van der Waals surface area contributed by atoms with Gasteiger partial charge in [-0.3, -0.25) is 0 Å². The standard InChI is InChI=1S/C10H15ClN2S/c1-2-3-8(11)6-9-12-10(13-14-9)7-4-5-7/h7-8H,2-6H2,1H3. The van der Waals surface area contributed by atoms with Gasteiger partial charge in [-0.15, -0.1) is 11.6 Å². The van der Waals surface area contributed by atoms with E-state index in [0.29, 0.717) is 5.92 Å². The van der Waals surface area contributed by atoms with Gasteiger partial charge in [-0.1, -0.05) is 13.3 Å². The zero-order valence-electron chi connectivity index (χ0n) is 8.37. The quantitative estimate of drug-likeness (QED) is 0.725. The fourth-order valence-corrected chi connectivity index (χ4v) is 2.72. The Labute approximate surface area is 93.9 Å². The third-order valence-electron chi connectivity index (χ3n) is 2.42. The first-order valence-electron chi connectivity index (χ1n) is 5.26. The summed E-state index contributed by atoms with van der Waals surface area (Å²) in [5.74, 6) is 1.73. The van der Waals surface area contributed by atoms with E-state index in [4.69, 9.17) is 11.6 Å². The van der Waals surface area contributed by atoms with Crippen LogP contribution in [0.25, 0.3) is 0 Å². The van der Waals surface area contributed by atoms with Gasteiger partial charge >= 0.3 is 0 Å². The summed E-state index contributed by atoms with van der Waals surface area (Å²) < 4.78 is 4.36. The van der Waals surface area contributed by atoms with Crippen molar-refractivity contribution in [2.75, 3.05) is 0 Å². The lowest BCUT2D eigenvalue weighted by Gasteiger charge is -2.03. The van der Waals surface area contributed by atoms with Crippen LogP contribution in [0.4, 0.5) is 0 Å². The van der Waals surface area contributed by atoms with E-state index in [1.54, 1.807) is 0 Å². The van der Waals surface area contributed by atoms with E-state index >= 15 is 0 Å². The Hall–Kier alpha value is -0.150. The minimum atomic E-state index is 0.236. The average Bonchev–Trinajstić information content (AvgIpc) is 2.89. The van der Waals surface area contributed by atoms with Crippen LogP contribution in [0.3, 0.4) is 0 Å². The van der Waals surface area contributed by atoms with Crippen LogP contribution in [-0.4, -0.2) is 14.7 Å².